The quantitative estimate of drug-likeness (QED) is 0.775. The van der Waals surface area contributed by atoms with Crippen molar-refractivity contribution in [1.29, 1.82) is 0 Å². The molecule has 0 aromatic heterocycles. The summed E-state index contributed by atoms with van der Waals surface area (Å²) in [6.07, 6.45) is 0.594. The molecule has 82 valence electrons. The summed E-state index contributed by atoms with van der Waals surface area (Å²) in [6, 6.07) is 9.35. The van der Waals surface area contributed by atoms with E-state index in [9.17, 15) is 4.79 Å². The van der Waals surface area contributed by atoms with Gasteiger partial charge in [0.25, 0.3) is 0 Å². The van der Waals surface area contributed by atoms with Gasteiger partial charge < -0.3 is 11.5 Å². The summed E-state index contributed by atoms with van der Waals surface area (Å²) in [5.41, 5.74) is 12.2. The minimum atomic E-state index is -0.427. The molecule has 0 spiro atoms. The SMILES string of the molecule is NCCSC(=O)C(N)Cc1ccccc1. The average molecular weight is 224 g/mol. The summed E-state index contributed by atoms with van der Waals surface area (Å²) in [6.45, 7) is 0.508. The Balaban J connectivity index is 2.41. The zero-order valence-electron chi connectivity index (χ0n) is 8.56. The molecule has 0 saturated heterocycles. The molecule has 3 nitrogen and oxygen atoms in total. The third kappa shape index (κ3) is 4.46. The Morgan fingerprint density at radius 3 is 2.60 bits per heavy atom. The van der Waals surface area contributed by atoms with Gasteiger partial charge >= 0.3 is 0 Å². The predicted molar refractivity (Wildman–Crippen MR) is 64.6 cm³/mol. The van der Waals surface area contributed by atoms with Crippen LogP contribution in [0.4, 0.5) is 0 Å². The van der Waals surface area contributed by atoms with Gasteiger partial charge in [0.15, 0.2) is 0 Å². The van der Waals surface area contributed by atoms with Crippen molar-refractivity contribution in [2.45, 2.75) is 12.5 Å². The highest BCUT2D eigenvalue weighted by molar-refractivity contribution is 8.13. The minimum Gasteiger partial charge on any atom is -0.330 e. The Hall–Kier alpha value is -0.840. The lowest BCUT2D eigenvalue weighted by atomic mass is 10.1. The van der Waals surface area contributed by atoms with Crippen LogP contribution in [0.25, 0.3) is 0 Å². The van der Waals surface area contributed by atoms with Crippen molar-refractivity contribution >= 4 is 16.9 Å². The molecule has 1 atom stereocenters. The van der Waals surface area contributed by atoms with Gasteiger partial charge in [0, 0.05) is 12.3 Å². The Bertz CT molecular complexity index is 303. The third-order valence-corrected chi connectivity index (χ3v) is 2.99. The first-order valence-corrected chi connectivity index (χ1v) is 5.89. The van der Waals surface area contributed by atoms with Crippen molar-refractivity contribution in [2.24, 2.45) is 11.5 Å². The molecule has 0 aliphatic rings. The van der Waals surface area contributed by atoms with E-state index in [1.807, 2.05) is 30.3 Å². The molecule has 0 bridgehead atoms. The number of thioether (sulfide) groups is 1. The van der Waals surface area contributed by atoms with Crippen molar-refractivity contribution in [3.8, 4) is 0 Å². The molecule has 15 heavy (non-hydrogen) atoms. The van der Waals surface area contributed by atoms with Crippen LogP contribution in [0.2, 0.25) is 0 Å². The second kappa shape index (κ2) is 6.61. The van der Waals surface area contributed by atoms with E-state index in [0.29, 0.717) is 18.7 Å². The van der Waals surface area contributed by atoms with Gasteiger partial charge in [0.1, 0.15) is 0 Å². The van der Waals surface area contributed by atoms with Gasteiger partial charge in [-0.15, -0.1) is 0 Å². The molecular weight excluding hydrogens is 208 g/mol. The van der Waals surface area contributed by atoms with E-state index in [1.165, 1.54) is 11.8 Å². The second-order valence-electron chi connectivity index (χ2n) is 3.25. The fraction of sp³-hybridized carbons (Fsp3) is 0.364. The zero-order valence-corrected chi connectivity index (χ0v) is 9.37. The van der Waals surface area contributed by atoms with Gasteiger partial charge in [-0.25, -0.2) is 0 Å². The lowest BCUT2D eigenvalue weighted by molar-refractivity contribution is -0.112. The van der Waals surface area contributed by atoms with Crippen molar-refractivity contribution in [3.05, 3.63) is 35.9 Å². The number of nitrogens with two attached hydrogens (primary N) is 2. The number of hydrogen-bond donors (Lipinski definition) is 2. The standard InChI is InChI=1S/C11H16N2OS/c12-6-7-15-11(14)10(13)8-9-4-2-1-3-5-9/h1-5,10H,6-8,12-13H2. The van der Waals surface area contributed by atoms with Gasteiger partial charge in [0.05, 0.1) is 6.04 Å². The summed E-state index contributed by atoms with van der Waals surface area (Å²) < 4.78 is 0. The summed E-state index contributed by atoms with van der Waals surface area (Å²) in [4.78, 5) is 11.5. The zero-order chi connectivity index (χ0) is 11.1. The Morgan fingerprint density at radius 2 is 2.00 bits per heavy atom. The highest BCUT2D eigenvalue weighted by Crippen LogP contribution is 2.08. The van der Waals surface area contributed by atoms with E-state index in [0.717, 1.165) is 5.56 Å². The first kappa shape index (κ1) is 12.2. The number of rotatable bonds is 5. The molecule has 0 aliphatic heterocycles. The molecule has 0 radical (unpaired) electrons. The maximum atomic E-state index is 11.5. The maximum absolute atomic E-state index is 11.5. The molecule has 4 N–H and O–H groups in total. The minimum absolute atomic E-state index is 0.0179. The summed E-state index contributed by atoms with van der Waals surface area (Å²) in [7, 11) is 0. The van der Waals surface area contributed by atoms with Gasteiger partial charge in [-0.1, -0.05) is 42.1 Å². The number of carbonyl (C=O) groups excluding carboxylic acids is 1. The van der Waals surface area contributed by atoms with E-state index in [2.05, 4.69) is 0 Å². The first-order chi connectivity index (χ1) is 7.24. The number of hydrogen-bond acceptors (Lipinski definition) is 4. The fourth-order valence-corrected chi connectivity index (χ4v) is 1.83. The van der Waals surface area contributed by atoms with Crippen LogP contribution < -0.4 is 11.5 Å². The van der Waals surface area contributed by atoms with E-state index in [1.54, 1.807) is 0 Å². The van der Waals surface area contributed by atoms with Crippen LogP contribution in [0, 0.1) is 0 Å². The second-order valence-corrected chi connectivity index (χ2v) is 4.35. The van der Waals surface area contributed by atoms with Crippen molar-refractivity contribution < 1.29 is 4.79 Å². The van der Waals surface area contributed by atoms with Crippen molar-refractivity contribution in [2.75, 3.05) is 12.3 Å². The van der Waals surface area contributed by atoms with Crippen LogP contribution in [-0.4, -0.2) is 23.5 Å². The normalized spacial score (nSPS) is 12.4. The summed E-state index contributed by atoms with van der Waals surface area (Å²) in [5.74, 6) is 0.640. The predicted octanol–water partition coefficient (Wildman–Crippen LogP) is 0.775. The monoisotopic (exact) mass is 224 g/mol. The maximum Gasteiger partial charge on any atom is 0.206 e. The Kier molecular flexibility index (Phi) is 5.39. The van der Waals surface area contributed by atoms with E-state index < -0.39 is 6.04 Å². The highest BCUT2D eigenvalue weighted by atomic mass is 32.2. The third-order valence-electron chi connectivity index (χ3n) is 1.96. The molecule has 4 heteroatoms. The van der Waals surface area contributed by atoms with Crippen LogP contribution in [0.3, 0.4) is 0 Å². The Morgan fingerprint density at radius 1 is 1.33 bits per heavy atom. The fourth-order valence-electron chi connectivity index (χ4n) is 1.22. The highest BCUT2D eigenvalue weighted by Gasteiger charge is 2.13. The summed E-state index contributed by atoms with van der Waals surface area (Å²) >= 11 is 1.21. The van der Waals surface area contributed by atoms with Crippen LogP contribution in [0.1, 0.15) is 5.56 Å². The van der Waals surface area contributed by atoms with E-state index >= 15 is 0 Å². The molecule has 0 amide bonds. The molecule has 1 aromatic rings. The van der Waals surface area contributed by atoms with Crippen molar-refractivity contribution in [1.82, 2.24) is 0 Å². The largest absolute Gasteiger partial charge is 0.330 e. The molecule has 1 unspecified atom stereocenters. The van der Waals surface area contributed by atoms with Crippen LogP contribution >= 0.6 is 11.8 Å². The lowest BCUT2D eigenvalue weighted by Crippen LogP contribution is -2.31. The van der Waals surface area contributed by atoms with Gasteiger partial charge in [0.2, 0.25) is 5.12 Å². The average Bonchev–Trinajstić information content (AvgIpc) is 2.27. The molecule has 0 saturated carbocycles. The topological polar surface area (TPSA) is 69.1 Å². The molecule has 0 fully saturated rings. The lowest BCUT2D eigenvalue weighted by Gasteiger charge is -2.09. The number of carbonyl (C=O) groups is 1. The number of benzene rings is 1. The van der Waals surface area contributed by atoms with E-state index in [-0.39, 0.29) is 5.12 Å². The Labute approximate surface area is 94.2 Å². The van der Waals surface area contributed by atoms with E-state index in [4.69, 9.17) is 11.5 Å². The molecule has 1 rings (SSSR count). The van der Waals surface area contributed by atoms with Crippen LogP contribution in [-0.2, 0) is 11.2 Å². The van der Waals surface area contributed by atoms with Crippen LogP contribution in [0.5, 0.6) is 0 Å². The molecule has 1 aromatic carbocycles. The molecular formula is C11H16N2OS. The van der Waals surface area contributed by atoms with Gasteiger partial charge in [-0.3, -0.25) is 4.79 Å². The molecule has 0 heterocycles. The van der Waals surface area contributed by atoms with Crippen LogP contribution in [0.15, 0.2) is 30.3 Å². The first-order valence-electron chi connectivity index (χ1n) is 4.90. The molecule has 0 aliphatic carbocycles. The smallest absolute Gasteiger partial charge is 0.206 e. The van der Waals surface area contributed by atoms with Gasteiger partial charge in [-0.05, 0) is 12.0 Å². The van der Waals surface area contributed by atoms with Gasteiger partial charge in [-0.2, -0.15) is 0 Å². The van der Waals surface area contributed by atoms with Crippen molar-refractivity contribution in [3.63, 3.8) is 0 Å². The summed E-state index contributed by atoms with van der Waals surface area (Å²) in [5, 5.41) is 0.0179.